The Hall–Kier alpha value is -2.86. The van der Waals surface area contributed by atoms with Crippen molar-refractivity contribution in [3.63, 3.8) is 0 Å². The number of benzene rings is 2. The number of aryl methyl sites for hydroxylation is 1. The van der Waals surface area contributed by atoms with Crippen LogP contribution >= 0.6 is 11.8 Å². The summed E-state index contributed by atoms with van der Waals surface area (Å²) >= 11 is 1.54. The van der Waals surface area contributed by atoms with Crippen molar-refractivity contribution in [2.24, 2.45) is 7.05 Å². The molecule has 0 unspecified atom stereocenters. The van der Waals surface area contributed by atoms with Gasteiger partial charge in [0.2, 0.25) is 0 Å². The first-order valence-electron chi connectivity index (χ1n) is 9.66. The van der Waals surface area contributed by atoms with Gasteiger partial charge in [-0.05, 0) is 36.1 Å². The summed E-state index contributed by atoms with van der Waals surface area (Å²) in [4.78, 5) is 18.3. The number of fused-ring (bicyclic) bond motifs is 1. The summed E-state index contributed by atoms with van der Waals surface area (Å²) in [5, 5.41) is 0.734. The summed E-state index contributed by atoms with van der Waals surface area (Å²) in [5.74, 6) is 0.392. The molecule has 0 radical (unpaired) electrons. The van der Waals surface area contributed by atoms with Crippen LogP contribution in [0.2, 0.25) is 0 Å². The van der Waals surface area contributed by atoms with Crippen LogP contribution in [0.1, 0.15) is 24.4 Å². The normalized spacial score (nSPS) is 13.9. The van der Waals surface area contributed by atoms with Crippen molar-refractivity contribution in [3.8, 4) is 11.1 Å². The third kappa shape index (κ3) is 3.38. The molecule has 5 rings (SSSR count). The molecule has 1 saturated carbocycles. The molecule has 0 aliphatic heterocycles. The molecule has 146 valence electrons. The summed E-state index contributed by atoms with van der Waals surface area (Å²) in [5.41, 5.74) is 4.41. The van der Waals surface area contributed by atoms with Gasteiger partial charge in [0.05, 0.1) is 0 Å². The van der Waals surface area contributed by atoms with Gasteiger partial charge in [0.1, 0.15) is 16.9 Å². The number of nitrogens with zero attached hydrogens (tertiary/aromatic N) is 3. The molecule has 0 amide bonds. The number of rotatable bonds is 5. The maximum atomic E-state index is 13.4. The molecule has 1 aliphatic carbocycles. The molecule has 4 aromatic rings. The van der Waals surface area contributed by atoms with Crippen LogP contribution < -0.4 is 5.56 Å². The topological polar surface area (TPSA) is 39.8 Å². The van der Waals surface area contributed by atoms with Crippen molar-refractivity contribution in [1.82, 2.24) is 14.1 Å². The lowest BCUT2D eigenvalue weighted by atomic mass is 10.1. The van der Waals surface area contributed by atoms with E-state index in [0.717, 1.165) is 40.2 Å². The zero-order chi connectivity index (χ0) is 20.0. The first-order valence-corrected chi connectivity index (χ1v) is 10.6. The van der Waals surface area contributed by atoms with Crippen LogP contribution in [0.25, 0.3) is 22.2 Å². The molecule has 0 N–H and O–H groups in total. The van der Waals surface area contributed by atoms with Crippen LogP contribution in [0.4, 0.5) is 4.39 Å². The molecule has 0 bridgehead atoms. The van der Waals surface area contributed by atoms with E-state index >= 15 is 0 Å². The lowest BCUT2D eigenvalue weighted by Gasteiger charge is -2.12. The zero-order valence-electron chi connectivity index (χ0n) is 16.0. The molecule has 0 atom stereocenters. The van der Waals surface area contributed by atoms with Gasteiger partial charge in [-0.1, -0.05) is 54.2 Å². The molecule has 0 spiro atoms. The highest BCUT2D eigenvalue weighted by molar-refractivity contribution is 7.98. The first kappa shape index (κ1) is 18.2. The Bertz CT molecular complexity index is 1240. The molecule has 1 aliphatic rings. The number of hydrogen-bond donors (Lipinski definition) is 0. The summed E-state index contributed by atoms with van der Waals surface area (Å²) in [7, 11) is 1.90. The molecular formula is C23H20FN3OS. The van der Waals surface area contributed by atoms with Gasteiger partial charge in [-0.3, -0.25) is 9.36 Å². The van der Waals surface area contributed by atoms with Gasteiger partial charge in [0, 0.05) is 30.6 Å². The van der Waals surface area contributed by atoms with Gasteiger partial charge in [0.15, 0.2) is 5.16 Å². The van der Waals surface area contributed by atoms with Gasteiger partial charge >= 0.3 is 0 Å². The van der Waals surface area contributed by atoms with Gasteiger partial charge in [-0.15, -0.1) is 0 Å². The third-order valence-electron chi connectivity index (χ3n) is 5.27. The quantitative estimate of drug-likeness (QED) is 0.340. The summed E-state index contributed by atoms with van der Waals surface area (Å²) in [6.07, 6.45) is 4.00. The van der Waals surface area contributed by atoms with Gasteiger partial charge in [0.25, 0.3) is 5.56 Å². The predicted octanol–water partition coefficient (Wildman–Crippen LogP) is 5.17. The van der Waals surface area contributed by atoms with Crippen LogP contribution in [-0.4, -0.2) is 14.1 Å². The average molecular weight is 405 g/mol. The SMILES string of the molecule is Cn1cc(-c2ccccc2)c2nc(SCc3ccc(F)cc3)n(C3CC3)c(=O)c21. The van der Waals surface area contributed by atoms with Crippen LogP contribution in [0.5, 0.6) is 0 Å². The fourth-order valence-corrected chi connectivity index (χ4v) is 4.66. The standard InChI is InChI=1S/C23H20FN3OS/c1-26-13-19(16-5-3-2-4-6-16)20-21(26)22(28)27(18-11-12-18)23(25-20)29-14-15-7-9-17(24)10-8-15/h2-10,13,18H,11-12,14H2,1H3. The summed E-state index contributed by atoms with van der Waals surface area (Å²) in [6, 6.07) is 16.7. The Morgan fingerprint density at radius 1 is 1.10 bits per heavy atom. The minimum absolute atomic E-state index is 0.0174. The Morgan fingerprint density at radius 2 is 1.83 bits per heavy atom. The van der Waals surface area contributed by atoms with E-state index in [0.29, 0.717) is 11.3 Å². The highest BCUT2D eigenvalue weighted by Gasteiger charge is 2.30. The van der Waals surface area contributed by atoms with E-state index in [1.165, 1.54) is 23.9 Å². The van der Waals surface area contributed by atoms with Crippen LogP contribution in [0, 0.1) is 5.82 Å². The lowest BCUT2D eigenvalue weighted by molar-refractivity contribution is 0.614. The van der Waals surface area contributed by atoms with E-state index in [9.17, 15) is 9.18 Å². The summed E-state index contributed by atoms with van der Waals surface area (Å²) in [6.45, 7) is 0. The number of hydrogen-bond acceptors (Lipinski definition) is 3. The number of halogens is 1. The fraction of sp³-hybridized carbons (Fsp3) is 0.217. The largest absolute Gasteiger partial charge is 0.344 e. The lowest BCUT2D eigenvalue weighted by Crippen LogP contribution is -2.23. The minimum atomic E-state index is -0.245. The van der Waals surface area contributed by atoms with E-state index in [2.05, 4.69) is 0 Å². The van der Waals surface area contributed by atoms with Gasteiger partial charge in [-0.2, -0.15) is 0 Å². The summed E-state index contributed by atoms with van der Waals surface area (Å²) < 4.78 is 16.9. The molecule has 4 nitrogen and oxygen atoms in total. The molecule has 2 heterocycles. The second kappa shape index (κ2) is 7.19. The van der Waals surface area contributed by atoms with E-state index in [1.54, 1.807) is 12.1 Å². The number of aromatic nitrogens is 3. The van der Waals surface area contributed by atoms with Crippen LogP contribution in [-0.2, 0) is 12.8 Å². The maximum absolute atomic E-state index is 13.4. The van der Waals surface area contributed by atoms with Gasteiger partial charge < -0.3 is 4.57 Å². The van der Waals surface area contributed by atoms with E-state index in [4.69, 9.17) is 4.98 Å². The van der Waals surface area contributed by atoms with Crippen molar-refractivity contribution >= 4 is 22.8 Å². The van der Waals surface area contributed by atoms with Crippen molar-refractivity contribution in [3.05, 3.63) is 82.5 Å². The molecule has 2 aromatic carbocycles. The van der Waals surface area contributed by atoms with Crippen molar-refractivity contribution in [1.29, 1.82) is 0 Å². The van der Waals surface area contributed by atoms with Crippen molar-refractivity contribution in [2.45, 2.75) is 29.8 Å². The fourth-order valence-electron chi connectivity index (χ4n) is 3.64. The maximum Gasteiger partial charge on any atom is 0.278 e. The average Bonchev–Trinajstić information content (AvgIpc) is 3.51. The second-order valence-corrected chi connectivity index (χ2v) is 8.38. The Morgan fingerprint density at radius 3 is 2.52 bits per heavy atom. The van der Waals surface area contributed by atoms with Gasteiger partial charge in [-0.25, -0.2) is 9.37 Å². The monoisotopic (exact) mass is 405 g/mol. The first-order chi connectivity index (χ1) is 14.1. The van der Waals surface area contributed by atoms with E-state index in [-0.39, 0.29) is 17.4 Å². The van der Waals surface area contributed by atoms with Crippen LogP contribution in [0.15, 0.2) is 70.7 Å². The Labute approximate surface area is 172 Å². The van der Waals surface area contributed by atoms with E-state index < -0.39 is 0 Å². The third-order valence-corrected chi connectivity index (χ3v) is 6.29. The molecule has 29 heavy (non-hydrogen) atoms. The smallest absolute Gasteiger partial charge is 0.278 e. The molecular weight excluding hydrogens is 385 g/mol. The van der Waals surface area contributed by atoms with E-state index in [1.807, 2.05) is 52.7 Å². The van der Waals surface area contributed by atoms with Crippen molar-refractivity contribution in [2.75, 3.05) is 0 Å². The minimum Gasteiger partial charge on any atom is -0.344 e. The van der Waals surface area contributed by atoms with Crippen LogP contribution in [0.3, 0.4) is 0 Å². The Kier molecular flexibility index (Phi) is 4.51. The second-order valence-electron chi connectivity index (χ2n) is 7.43. The van der Waals surface area contributed by atoms with Crippen molar-refractivity contribution < 1.29 is 4.39 Å². The highest BCUT2D eigenvalue weighted by Crippen LogP contribution is 2.38. The molecule has 6 heteroatoms. The molecule has 0 saturated heterocycles. The highest BCUT2D eigenvalue weighted by atomic mass is 32.2. The Balaban J connectivity index is 1.63. The molecule has 1 fully saturated rings. The zero-order valence-corrected chi connectivity index (χ0v) is 16.8. The predicted molar refractivity (Wildman–Crippen MR) is 115 cm³/mol. The molecule has 2 aromatic heterocycles. The number of thioether (sulfide) groups is 1.